The first kappa shape index (κ1) is 17.6. The standard InChI is InChI=1S/C21H21N3O2/c25-20(26)15-21(18-11-5-2-6-12-18,24-19-13-7-8-14-22-19)23-16-17-9-3-1-4-10-17/h1-14,23H,15-16H2,(H,22,24)(H,25,26). The maximum absolute atomic E-state index is 11.7. The second-order valence-electron chi connectivity index (χ2n) is 6.02. The number of carboxylic acid groups (broad SMARTS) is 1. The molecule has 3 aromatic rings. The molecule has 0 aliphatic rings. The van der Waals surface area contributed by atoms with E-state index in [1.165, 1.54) is 0 Å². The Labute approximate surface area is 152 Å². The van der Waals surface area contributed by atoms with Crippen molar-refractivity contribution in [1.82, 2.24) is 10.3 Å². The Hall–Kier alpha value is -3.18. The van der Waals surface area contributed by atoms with E-state index < -0.39 is 11.6 Å². The number of aromatic nitrogens is 1. The van der Waals surface area contributed by atoms with Crippen molar-refractivity contribution < 1.29 is 9.90 Å². The molecule has 2 aromatic carbocycles. The van der Waals surface area contributed by atoms with E-state index >= 15 is 0 Å². The quantitative estimate of drug-likeness (QED) is 0.543. The fourth-order valence-electron chi connectivity index (χ4n) is 2.88. The van der Waals surface area contributed by atoms with Gasteiger partial charge in [0, 0.05) is 12.7 Å². The molecule has 5 heteroatoms. The third-order valence-electron chi connectivity index (χ3n) is 4.13. The Morgan fingerprint density at radius 1 is 0.923 bits per heavy atom. The van der Waals surface area contributed by atoms with Crippen molar-refractivity contribution in [2.75, 3.05) is 5.32 Å². The fourth-order valence-corrected chi connectivity index (χ4v) is 2.88. The molecule has 1 heterocycles. The minimum atomic E-state index is -0.989. The Bertz CT molecular complexity index is 826. The van der Waals surface area contributed by atoms with E-state index in [4.69, 9.17) is 0 Å². The highest BCUT2D eigenvalue weighted by Crippen LogP contribution is 2.27. The van der Waals surface area contributed by atoms with Crippen molar-refractivity contribution in [2.24, 2.45) is 0 Å². The number of anilines is 1. The van der Waals surface area contributed by atoms with Gasteiger partial charge in [-0.25, -0.2) is 4.98 Å². The summed E-state index contributed by atoms with van der Waals surface area (Å²) in [6.45, 7) is 0.517. The van der Waals surface area contributed by atoms with Gasteiger partial charge in [-0.15, -0.1) is 0 Å². The van der Waals surface area contributed by atoms with Crippen LogP contribution in [0.15, 0.2) is 85.1 Å². The molecule has 5 nitrogen and oxygen atoms in total. The van der Waals surface area contributed by atoms with Gasteiger partial charge in [-0.05, 0) is 23.3 Å². The molecule has 26 heavy (non-hydrogen) atoms. The van der Waals surface area contributed by atoms with Gasteiger partial charge in [0.25, 0.3) is 0 Å². The molecule has 1 atom stereocenters. The lowest BCUT2D eigenvalue weighted by Crippen LogP contribution is -2.50. The summed E-state index contributed by atoms with van der Waals surface area (Å²) in [4.78, 5) is 16.0. The molecule has 1 aromatic heterocycles. The summed E-state index contributed by atoms with van der Waals surface area (Å²) < 4.78 is 0. The number of nitrogens with one attached hydrogen (secondary N) is 2. The van der Waals surface area contributed by atoms with E-state index in [2.05, 4.69) is 15.6 Å². The van der Waals surface area contributed by atoms with Gasteiger partial charge in [-0.2, -0.15) is 0 Å². The topological polar surface area (TPSA) is 74.2 Å². The van der Waals surface area contributed by atoms with Crippen LogP contribution in [0.4, 0.5) is 5.82 Å². The lowest BCUT2D eigenvalue weighted by atomic mass is 9.94. The largest absolute Gasteiger partial charge is 0.481 e. The van der Waals surface area contributed by atoms with Gasteiger partial charge in [0.15, 0.2) is 0 Å². The van der Waals surface area contributed by atoms with Crippen molar-refractivity contribution in [3.8, 4) is 0 Å². The van der Waals surface area contributed by atoms with E-state index in [0.717, 1.165) is 11.1 Å². The van der Waals surface area contributed by atoms with E-state index in [1.54, 1.807) is 6.20 Å². The molecule has 0 bridgehead atoms. The summed E-state index contributed by atoms with van der Waals surface area (Å²) in [7, 11) is 0. The maximum atomic E-state index is 11.7. The van der Waals surface area contributed by atoms with Gasteiger partial charge in [0.2, 0.25) is 0 Å². The van der Waals surface area contributed by atoms with E-state index in [0.29, 0.717) is 12.4 Å². The van der Waals surface area contributed by atoms with Crippen LogP contribution in [0.3, 0.4) is 0 Å². The summed E-state index contributed by atoms with van der Waals surface area (Å²) in [5, 5.41) is 16.3. The van der Waals surface area contributed by atoms with Gasteiger partial charge in [-0.3, -0.25) is 10.1 Å². The Balaban J connectivity index is 1.97. The molecule has 0 saturated carbocycles. The number of hydrogen-bond acceptors (Lipinski definition) is 4. The first-order valence-corrected chi connectivity index (χ1v) is 8.43. The van der Waals surface area contributed by atoms with Crippen LogP contribution in [0.2, 0.25) is 0 Å². The molecule has 3 rings (SSSR count). The maximum Gasteiger partial charge on any atom is 0.307 e. The molecule has 0 amide bonds. The van der Waals surface area contributed by atoms with Crippen molar-refractivity contribution in [3.63, 3.8) is 0 Å². The van der Waals surface area contributed by atoms with Crippen LogP contribution < -0.4 is 10.6 Å². The number of aliphatic carboxylic acids is 1. The summed E-state index contributed by atoms with van der Waals surface area (Å²) in [5.74, 6) is -0.295. The monoisotopic (exact) mass is 347 g/mol. The summed E-state index contributed by atoms with van der Waals surface area (Å²) in [5.41, 5.74) is 0.919. The van der Waals surface area contributed by atoms with E-state index in [1.807, 2.05) is 78.9 Å². The van der Waals surface area contributed by atoms with Crippen molar-refractivity contribution in [1.29, 1.82) is 0 Å². The predicted molar refractivity (Wildman–Crippen MR) is 102 cm³/mol. The number of carboxylic acids is 1. The van der Waals surface area contributed by atoms with Crippen LogP contribution in [0.1, 0.15) is 17.5 Å². The molecular formula is C21H21N3O2. The van der Waals surface area contributed by atoms with Crippen LogP contribution in [-0.4, -0.2) is 16.1 Å². The van der Waals surface area contributed by atoms with Crippen molar-refractivity contribution in [2.45, 2.75) is 18.6 Å². The number of rotatable bonds is 8. The van der Waals surface area contributed by atoms with Crippen LogP contribution in [-0.2, 0) is 17.0 Å². The molecule has 0 aliphatic heterocycles. The number of pyridine rings is 1. The van der Waals surface area contributed by atoms with Gasteiger partial charge < -0.3 is 10.4 Å². The van der Waals surface area contributed by atoms with Crippen LogP contribution in [0, 0.1) is 0 Å². The van der Waals surface area contributed by atoms with Crippen LogP contribution in [0.5, 0.6) is 0 Å². The minimum Gasteiger partial charge on any atom is -0.481 e. The SMILES string of the molecule is O=C(O)CC(NCc1ccccc1)(Nc1ccccn1)c1ccccc1. The molecule has 0 aliphatic carbocycles. The van der Waals surface area contributed by atoms with Gasteiger partial charge >= 0.3 is 5.97 Å². The Kier molecular flexibility index (Phi) is 5.61. The number of hydrogen-bond donors (Lipinski definition) is 3. The molecule has 1 unspecified atom stereocenters. The zero-order chi connectivity index (χ0) is 18.2. The van der Waals surface area contributed by atoms with Gasteiger partial charge in [0.05, 0.1) is 6.42 Å². The number of benzene rings is 2. The van der Waals surface area contributed by atoms with E-state index in [-0.39, 0.29) is 6.42 Å². The Morgan fingerprint density at radius 3 is 2.19 bits per heavy atom. The molecular weight excluding hydrogens is 326 g/mol. The number of carbonyl (C=O) groups is 1. The lowest BCUT2D eigenvalue weighted by Gasteiger charge is -2.36. The predicted octanol–water partition coefficient (Wildman–Crippen LogP) is 3.61. The highest BCUT2D eigenvalue weighted by molar-refractivity contribution is 5.70. The first-order valence-electron chi connectivity index (χ1n) is 8.43. The van der Waals surface area contributed by atoms with Gasteiger partial charge in [-0.1, -0.05) is 66.7 Å². The number of nitrogens with zero attached hydrogens (tertiary/aromatic N) is 1. The van der Waals surface area contributed by atoms with Gasteiger partial charge in [0.1, 0.15) is 11.5 Å². The first-order chi connectivity index (χ1) is 12.7. The molecule has 0 spiro atoms. The minimum absolute atomic E-state index is 0.138. The van der Waals surface area contributed by atoms with E-state index in [9.17, 15) is 9.90 Å². The molecule has 0 radical (unpaired) electrons. The van der Waals surface area contributed by atoms with Crippen LogP contribution in [0.25, 0.3) is 0 Å². The highest BCUT2D eigenvalue weighted by Gasteiger charge is 2.34. The Morgan fingerprint density at radius 2 is 1.58 bits per heavy atom. The molecule has 132 valence electrons. The average molecular weight is 347 g/mol. The highest BCUT2D eigenvalue weighted by atomic mass is 16.4. The van der Waals surface area contributed by atoms with Crippen molar-refractivity contribution in [3.05, 3.63) is 96.2 Å². The molecule has 0 fully saturated rings. The summed E-state index contributed by atoms with van der Waals surface area (Å²) >= 11 is 0. The third kappa shape index (κ3) is 4.46. The molecule has 3 N–H and O–H groups in total. The lowest BCUT2D eigenvalue weighted by molar-refractivity contribution is -0.138. The summed E-state index contributed by atoms with van der Waals surface area (Å²) in [6, 6.07) is 24.9. The average Bonchev–Trinajstić information content (AvgIpc) is 2.68. The van der Waals surface area contributed by atoms with Crippen molar-refractivity contribution >= 4 is 11.8 Å². The van der Waals surface area contributed by atoms with Crippen LogP contribution >= 0.6 is 0 Å². The fraction of sp³-hybridized carbons (Fsp3) is 0.143. The normalized spacial score (nSPS) is 12.9. The third-order valence-corrected chi connectivity index (χ3v) is 4.13. The second kappa shape index (κ2) is 8.27. The molecule has 0 saturated heterocycles. The summed E-state index contributed by atoms with van der Waals surface area (Å²) in [6.07, 6.45) is 1.54. The smallest absolute Gasteiger partial charge is 0.307 e. The zero-order valence-electron chi connectivity index (χ0n) is 14.3. The second-order valence-corrected chi connectivity index (χ2v) is 6.02. The zero-order valence-corrected chi connectivity index (χ0v) is 14.3.